The van der Waals surface area contributed by atoms with Crippen LogP contribution < -0.4 is 5.32 Å². The number of aromatic nitrogens is 4. The zero-order chi connectivity index (χ0) is 25.6. The topological polar surface area (TPSA) is 93.0 Å². The number of rotatable bonds is 8. The molecule has 0 saturated heterocycles. The van der Waals surface area contributed by atoms with E-state index >= 15 is 0 Å². The molecule has 182 valence electrons. The zero-order valence-electron chi connectivity index (χ0n) is 19.1. The van der Waals surface area contributed by atoms with Gasteiger partial charge in [0.15, 0.2) is 0 Å². The second-order valence-electron chi connectivity index (χ2n) is 7.47. The number of carbonyl (C=O) groups excluding carboxylic acids is 2. The molecular weight excluding hydrogens is 461 g/mol. The molecule has 0 spiro atoms. The summed E-state index contributed by atoms with van der Waals surface area (Å²) in [6, 6.07) is 6.88. The van der Waals surface area contributed by atoms with Crippen LogP contribution >= 0.6 is 0 Å². The van der Waals surface area contributed by atoms with Crippen LogP contribution in [0, 0.1) is 0 Å². The summed E-state index contributed by atoms with van der Waals surface area (Å²) in [6.07, 6.45) is 2.70. The van der Waals surface area contributed by atoms with E-state index in [1.165, 1.54) is 48.7 Å². The summed E-state index contributed by atoms with van der Waals surface area (Å²) < 4.78 is 41.7. The number of nitrogens with one attached hydrogen (secondary N) is 1. The van der Waals surface area contributed by atoms with E-state index in [4.69, 9.17) is 0 Å². The zero-order valence-corrected chi connectivity index (χ0v) is 19.1. The van der Waals surface area contributed by atoms with Crippen LogP contribution in [0.15, 0.2) is 73.4 Å². The monoisotopic (exact) mass is 484 g/mol. The molecule has 3 aromatic heterocycles. The fourth-order valence-corrected chi connectivity index (χ4v) is 3.12. The Morgan fingerprint density at radius 2 is 2.00 bits per heavy atom. The minimum absolute atomic E-state index is 0.0587. The molecule has 3 heterocycles. The molecule has 2 amide bonds. The maximum atomic E-state index is 13.7. The Morgan fingerprint density at radius 3 is 2.57 bits per heavy atom. The Bertz CT molecular complexity index is 1230. The van der Waals surface area contributed by atoms with Gasteiger partial charge in [-0.2, -0.15) is 18.3 Å². The maximum Gasteiger partial charge on any atom is 0.433 e. The van der Waals surface area contributed by atoms with Crippen molar-refractivity contribution in [3.8, 4) is 16.9 Å². The minimum atomic E-state index is -4.66. The van der Waals surface area contributed by atoms with Crippen molar-refractivity contribution in [1.29, 1.82) is 0 Å². The molecule has 1 N–H and O–H groups in total. The molecule has 0 aromatic carbocycles. The Hall–Kier alpha value is -4.28. The summed E-state index contributed by atoms with van der Waals surface area (Å²) in [4.78, 5) is 33.8. The van der Waals surface area contributed by atoms with Crippen molar-refractivity contribution in [3.63, 3.8) is 0 Å². The average Bonchev–Trinajstić information content (AvgIpc) is 3.30. The van der Waals surface area contributed by atoms with Crippen molar-refractivity contribution >= 4 is 17.6 Å². The predicted octanol–water partition coefficient (Wildman–Crippen LogP) is 4.62. The van der Waals surface area contributed by atoms with Gasteiger partial charge >= 0.3 is 6.18 Å². The van der Waals surface area contributed by atoms with Gasteiger partial charge in [-0.15, -0.1) is 0 Å². The molecule has 0 atom stereocenters. The highest BCUT2D eigenvalue weighted by Crippen LogP contribution is 2.33. The molecule has 0 aliphatic rings. The summed E-state index contributed by atoms with van der Waals surface area (Å²) in [7, 11) is 0. The molecule has 0 saturated carbocycles. The highest BCUT2D eigenvalue weighted by Gasteiger charge is 2.36. The molecule has 35 heavy (non-hydrogen) atoms. The fourth-order valence-electron chi connectivity index (χ4n) is 3.12. The van der Waals surface area contributed by atoms with E-state index in [2.05, 4.69) is 27.0 Å². The van der Waals surface area contributed by atoms with Gasteiger partial charge in [-0.25, -0.2) is 9.67 Å². The maximum absolute atomic E-state index is 13.7. The van der Waals surface area contributed by atoms with Gasteiger partial charge in [-0.05, 0) is 49.8 Å². The third-order valence-electron chi connectivity index (χ3n) is 4.82. The van der Waals surface area contributed by atoms with Gasteiger partial charge in [0.1, 0.15) is 11.5 Å². The first-order valence-electron chi connectivity index (χ1n) is 10.6. The molecule has 0 aliphatic heterocycles. The number of amides is 2. The fraction of sp³-hybridized carbons (Fsp3) is 0.208. The van der Waals surface area contributed by atoms with E-state index in [9.17, 15) is 22.8 Å². The predicted molar refractivity (Wildman–Crippen MR) is 124 cm³/mol. The quantitative estimate of drug-likeness (QED) is 0.471. The van der Waals surface area contributed by atoms with Crippen LogP contribution in [0.4, 0.5) is 19.0 Å². The third-order valence-corrected chi connectivity index (χ3v) is 4.82. The summed E-state index contributed by atoms with van der Waals surface area (Å²) >= 11 is 0. The smallest absolute Gasteiger partial charge is 0.315 e. The number of carbonyl (C=O) groups is 2. The van der Waals surface area contributed by atoms with Crippen molar-refractivity contribution in [1.82, 2.24) is 24.6 Å². The van der Waals surface area contributed by atoms with Crippen molar-refractivity contribution in [2.24, 2.45) is 0 Å². The van der Waals surface area contributed by atoms with Gasteiger partial charge in [-0.1, -0.05) is 13.5 Å². The van der Waals surface area contributed by atoms with Crippen molar-refractivity contribution in [2.45, 2.75) is 26.4 Å². The summed E-state index contributed by atoms with van der Waals surface area (Å²) in [5.41, 5.74) is -0.135. The van der Waals surface area contributed by atoms with Crippen LogP contribution in [0.5, 0.6) is 0 Å². The Morgan fingerprint density at radius 1 is 1.23 bits per heavy atom. The number of nitrogens with zero attached hydrogens (tertiary/aromatic N) is 5. The lowest BCUT2D eigenvalue weighted by Crippen LogP contribution is -2.26. The molecule has 0 radical (unpaired) electrons. The molecule has 0 aliphatic carbocycles. The van der Waals surface area contributed by atoms with Gasteiger partial charge in [0.05, 0.1) is 17.6 Å². The molecule has 0 bridgehead atoms. The van der Waals surface area contributed by atoms with Crippen LogP contribution in [-0.4, -0.2) is 43.0 Å². The molecular formula is C24H23F3N6O2. The number of hydrogen-bond donors (Lipinski definition) is 1. The van der Waals surface area contributed by atoms with Crippen LogP contribution in [0.1, 0.15) is 26.0 Å². The van der Waals surface area contributed by atoms with Crippen molar-refractivity contribution in [3.05, 3.63) is 79.0 Å². The van der Waals surface area contributed by atoms with E-state index < -0.39 is 17.8 Å². The van der Waals surface area contributed by atoms with Gasteiger partial charge in [0.2, 0.25) is 5.91 Å². The first-order valence-corrected chi connectivity index (χ1v) is 10.6. The van der Waals surface area contributed by atoms with Gasteiger partial charge in [0.25, 0.3) is 5.91 Å². The van der Waals surface area contributed by atoms with Gasteiger partial charge in [0, 0.05) is 36.3 Å². The molecule has 3 aromatic rings. The molecule has 8 nitrogen and oxygen atoms in total. The number of hydrogen-bond acceptors (Lipinski definition) is 5. The van der Waals surface area contributed by atoms with Gasteiger partial charge < -0.3 is 10.2 Å². The Balaban J connectivity index is 1.83. The lowest BCUT2D eigenvalue weighted by Gasteiger charge is -2.16. The number of halogens is 3. The highest BCUT2D eigenvalue weighted by atomic mass is 19.4. The van der Waals surface area contributed by atoms with Crippen LogP contribution in [-0.2, 0) is 15.8 Å². The normalized spacial score (nSPS) is 11.7. The molecule has 0 unspecified atom stereocenters. The van der Waals surface area contributed by atoms with E-state index in [0.717, 1.165) is 16.8 Å². The molecule has 0 fully saturated rings. The van der Waals surface area contributed by atoms with E-state index in [1.54, 1.807) is 12.1 Å². The third kappa shape index (κ3) is 6.19. The second kappa shape index (κ2) is 10.8. The van der Waals surface area contributed by atoms with Crippen LogP contribution in [0.25, 0.3) is 16.9 Å². The summed E-state index contributed by atoms with van der Waals surface area (Å²) in [5, 5.41) is 6.64. The second-order valence-corrected chi connectivity index (χ2v) is 7.47. The van der Waals surface area contributed by atoms with E-state index in [1.807, 2.05) is 6.92 Å². The minimum Gasteiger partial charge on any atom is -0.315 e. The summed E-state index contributed by atoms with van der Waals surface area (Å²) in [5.74, 6) is -0.735. The average molecular weight is 484 g/mol. The number of anilines is 1. The Kier molecular flexibility index (Phi) is 7.80. The highest BCUT2D eigenvalue weighted by molar-refractivity contribution is 6.03. The van der Waals surface area contributed by atoms with E-state index in [-0.39, 0.29) is 28.7 Å². The number of pyridine rings is 2. The van der Waals surface area contributed by atoms with Crippen molar-refractivity contribution < 1.29 is 22.8 Å². The SMILES string of the molecule is C=CC(=O)N(/C=C(\C)C(=O)Nc1ccc(-n2nc(-c3cccnc3)cc2C(F)(F)F)cn1)CCC. The standard InChI is InChI=1S/C24H23F3N6O2/c1-4-11-32(22(34)5-2)15-16(3)23(35)30-21-9-8-18(14-29-21)33-20(24(25,26)27)12-19(31-33)17-7-6-10-28-13-17/h5-10,12-15H,2,4,11H2,1,3H3,(H,29,30,35)/b16-15+. The van der Waals surface area contributed by atoms with E-state index in [0.29, 0.717) is 18.5 Å². The van der Waals surface area contributed by atoms with Gasteiger partial charge in [-0.3, -0.25) is 14.6 Å². The first-order chi connectivity index (χ1) is 16.6. The van der Waals surface area contributed by atoms with Crippen LogP contribution in [0.2, 0.25) is 0 Å². The lowest BCUT2D eigenvalue weighted by molar-refractivity contribution is -0.142. The molecule has 11 heteroatoms. The molecule has 3 rings (SSSR count). The summed E-state index contributed by atoms with van der Waals surface area (Å²) in [6.45, 7) is 7.28. The van der Waals surface area contributed by atoms with Crippen LogP contribution in [0.3, 0.4) is 0 Å². The first kappa shape index (κ1) is 25.3. The Labute approximate surface area is 199 Å². The lowest BCUT2D eigenvalue weighted by atomic mass is 10.2. The largest absolute Gasteiger partial charge is 0.433 e. The van der Waals surface area contributed by atoms with Crippen molar-refractivity contribution in [2.75, 3.05) is 11.9 Å². The number of alkyl halides is 3.